The molecule has 5 nitrogen and oxygen atoms in total. The number of aliphatic carboxylic acids is 1. The lowest BCUT2D eigenvalue weighted by Gasteiger charge is -2.19. The van der Waals surface area contributed by atoms with E-state index in [1.807, 2.05) is 33.9 Å². The minimum Gasteiger partial charge on any atom is -0.481 e. The third-order valence-electron chi connectivity index (χ3n) is 4.88. The summed E-state index contributed by atoms with van der Waals surface area (Å²) >= 11 is 0. The molecular formula is C22H27NO4. The van der Waals surface area contributed by atoms with Crippen molar-refractivity contribution in [3.63, 3.8) is 0 Å². The molecule has 0 unspecified atom stereocenters. The summed E-state index contributed by atoms with van der Waals surface area (Å²) in [6.45, 7) is 6.28. The van der Waals surface area contributed by atoms with E-state index >= 15 is 0 Å². The van der Waals surface area contributed by atoms with Crippen LogP contribution in [0.4, 0.5) is 5.69 Å². The minimum atomic E-state index is -0.801. The van der Waals surface area contributed by atoms with Crippen LogP contribution in [0.1, 0.15) is 65.7 Å². The lowest BCUT2D eigenvalue weighted by Crippen LogP contribution is -2.10. The topological polar surface area (TPSA) is 75.6 Å². The van der Waals surface area contributed by atoms with Gasteiger partial charge in [-0.2, -0.15) is 0 Å². The van der Waals surface area contributed by atoms with Crippen molar-refractivity contribution in [3.05, 3.63) is 39.5 Å². The number of carbonyl (C=O) groups is 2. The number of hydrogen-bond acceptors (Lipinski definition) is 4. The van der Waals surface area contributed by atoms with Crippen LogP contribution in [0.25, 0.3) is 0 Å². The van der Waals surface area contributed by atoms with Crippen LogP contribution in [0.3, 0.4) is 0 Å². The van der Waals surface area contributed by atoms with Gasteiger partial charge in [0.2, 0.25) is 0 Å². The lowest BCUT2D eigenvalue weighted by molar-refractivity contribution is -0.136. The van der Waals surface area contributed by atoms with E-state index in [2.05, 4.69) is 17.2 Å². The molecule has 0 amide bonds. The van der Waals surface area contributed by atoms with E-state index in [0.717, 1.165) is 39.9 Å². The highest BCUT2D eigenvalue weighted by Gasteiger charge is 2.30. The molecule has 0 spiro atoms. The molecule has 2 rings (SSSR count). The fraction of sp³-hybridized carbons (Fsp3) is 0.455. The minimum absolute atomic E-state index is 0.117. The Morgan fingerprint density at radius 1 is 1.30 bits per heavy atom. The van der Waals surface area contributed by atoms with Gasteiger partial charge in [-0.15, -0.1) is 5.92 Å². The normalized spacial score (nSPS) is 12.9. The number of fused-ring (bicyclic) bond motifs is 1. The SMILES string of the molecule is CCC#CCc1c(C)c2c(c(NC)c1CC=C(C)CCC(=O)O)C(=O)OC2. The Morgan fingerprint density at radius 2 is 2.04 bits per heavy atom. The first-order chi connectivity index (χ1) is 12.9. The molecule has 27 heavy (non-hydrogen) atoms. The number of cyclic esters (lactones) is 1. The first kappa shape index (κ1) is 20.6. The molecule has 0 bridgehead atoms. The number of carboxylic acid groups (broad SMARTS) is 1. The molecule has 0 aliphatic carbocycles. The molecule has 1 aromatic carbocycles. The highest BCUT2D eigenvalue weighted by Crippen LogP contribution is 2.37. The van der Waals surface area contributed by atoms with Crippen LogP contribution in [0.15, 0.2) is 11.6 Å². The van der Waals surface area contributed by atoms with E-state index < -0.39 is 5.97 Å². The van der Waals surface area contributed by atoms with Crippen molar-refractivity contribution in [3.8, 4) is 11.8 Å². The Hall–Kier alpha value is -2.74. The van der Waals surface area contributed by atoms with E-state index in [1.165, 1.54) is 0 Å². The number of hydrogen-bond donors (Lipinski definition) is 2. The molecule has 144 valence electrons. The Labute approximate surface area is 160 Å². The van der Waals surface area contributed by atoms with Crippen molar-refractivity contribution >= 4 is 17.6 Å². The van der Waals surface area contributed by atoms with Crippen molar-refractivity contribution in [2.24, 2.45) is 0 Å². The molecule has 0 fully saturated rings. The third-order valence-corrected chi connectivity index (χ3v) is 4.88. The number of carboxylic acids is 1. The summed E-state index contributed by atoms with van der Waals surface area (Å²) in [5.41, 5.74) is 6.60. The highest BCUT2D eigenvalue weighted by atomic mass is 16.5. The number of allylic oxidation sites excluding steroid dienone is 2. The van der Waals surface area contributed by atoms with Crippen LogP contribution in [-0.2, 0) is 29.0 Å². The molecule has 0 aromatic heterocycles. The van der Waals surface area contributed by atoms with Crippen LogP contribution in [0.2, 0.25) is 0 Å². The predicted molar refractivity (Wildman–Crippen MR) is 106 cm³/mol. The van der Waals surface area contributed by atoms with Crippen LogP contribution >= 0.6 is 0 Å². The van der Waals surface area contributed by atoms with Crippen molar-refractivity contribution in [1.29, 1.82) is 0 Å². The third kappa shape index (κ3) is 4.71. The van der Waals surface area contributed by atoms with E-state index in [1.54, 1.807) is 0 Å². The maximum atomic E-state index is 12.3. The molecule has 1 heterocycles. The second-order valence-electron chi connectivity index (χ2n) is 6.67. The molecule has 1 aliphatic heterocycles. The zero-order valence-electron chi connectivity index (χ0n) is 16.5. The molecule has 1 aromatic rings. The van der Waals surface area contributed by atoms with Crippen molar-refractivity contribution < 1.29 is 19.4 Å². The number of anilines is 1. The Morgan fingerprint density at radius 3 is 2.67 bits per heavy atom. The summed E-state index contributed by atoms with van der Waals surface area (Å²) in [5, 5.41) is 12.0. The molecule has 0 radical (unpaired) electrons. The Kier molecular flexibility index (Phi) is 7.06. The molecule has 0 saturated heterocycles. The number of nitrogens with one attached hydrogen (secondary N) is 1. The second-order valence-corrected chi connectivity index (χ2v) is 6.67. The van der Waals surface area contributed by atoms with Crippen molar-refractivity contribution in [2.75, 3.05) is 12.4 Å². The zero-order valence-corrected chi connectivity index (χ0v) is 16.5. The fourth-order valence-corrected chi connectivity index (χ4v) is 3.36. The van der Waals surface area contributed by atoms with Gasteiger partial charge >= 0.3 is 11.9 Å². The summed E-state index contributed by atoms with van der Waals surface area (Å²) in [6.07, 6.45) is 4.71. The molecule has 5 heteroatoms. The smallest absolute Gasteiger partial charge is 0.341 e. The van der Waals surface area contributed by atoms with Gasteiger partial charge in [-0.3, -0.25) is 4.79 Å². The number of esters is 1. The van der Waals surface area contributed by atoms with Gasteiger partial charge in [-0.1, -0.05) is 24.5 Å². The number of rotatable bonds is 7. The molecule has 2 N–H and O–H groups in total. The number of carbonyl (C=O) groups excluding carboxylic acids is 1. The molecule has 0 atom stereocenters. The Bertz CT molecular complexity index is 840. The van der Waals surface area contributed by atoms with Gasteiger partial charge in [0.25, 0.3) is 0 Å². The average molecular weight is 369 g/mol. The summed E-state index contributed by atoms with van der Waals surface area (Å²) in [5.74, 6) is 5.23. The molecule has 1 aliphatic rings. The van der Waals surface area contributed by atoms with Crippen LogP contribution < -0.4 is 5.32 Å². The quantitative estimate of drug-likeness (QED) is 0.431. The zero-order chi connectivity index (χ0) is 20.0. The van der Waals surface area contributed by atoms with Gasteiger partial charge in [0.15, 0.2) is 0 Å². The maximum Gasteiger partial charge on any atom is 0.341 e. The van der Waals surface area contributed by atoms with Crippen LogP contribution in [-0.4, -0.2) is 24.1 Å². The van der Waals surface area contributed by atoms with E-state index in [4.69, 9.17) is 9.84 Å². The largest absolute Gasteiger partial charge is 0.481 e. The Balaban J connectivity index is 2.50. The van der Waals surface area contributed by atoms with Gasteiger partial charge in [0.1, 0.15) is 6.61 Å². The maximum absolute atomic E-state index is 12.3. The van der Waals surface area contributed by atoms with Crippen molar-refractivity contribution in [1.82, 2.24) is 0 Å². The number of ether oxygens (including phenoxy) is 1. The van der Waals surface area contributed by atoms with E-state index in [9.17, 15) is 9.59 Å². The molecular weight excluding hydrogens is 342 g/mol. The molecule has 0 saturated carbocycles. The van der Waals surface area contributed by atoms with Gasteiger partial charge < -0.3 is 15.2 Å². The standard InChI is InChI=1S/C22H27NO4/c1-5-6-7-8-16-15(3)18-13-27-22(26)20(18)21(23-4)17(16)11-9-14(2)10-12-19(24)25/h9,23H,5,8,10-13H2,1-4H3,(H,24,25). The predicted octanol–water partition coefficient (Wildman–Crippen LogP) is 4.02. The van der Waals surface area contributed by atoms with Gasteiger partial charge in [-0.25, -0.2) is 4.79 Å². The van der Waals surface area contributed by atoms with Gasteiger partial charge in [0, 0.05) is 31.9 Å². The van der Waals surface area contributed by atoms with Gasteiger partial charge in [-0.05, 0) is 43.4 Å². The first-order valence-electron chi connectivity index (χ1n) is 9.25. The lowest BCUT2D eigenvalue weighted by atomic mass is 9.87. The fourth-order valence-electron chi connectivity index (χ4n) is 3.36. The summed E-state index contributed by atoms with van der Waals surface area (Å²) in [7, 11) is 1.81. The van der Waals surface area contributed by atoms with Crippen molar-refractivity contribution in [2.45, 2.75) is 59.5 Å². The summed E-state index contributed by atoms with van der Waals surface area (Å²) in [6, 6.07) is 0. The second kappa shape index (κ2) is 9.27. The monoisotopic (exact) mass is 369 g/mol. The van der Waals surface area contributed by atoms with E-state index in [-0.39, 0.29) is 12.4 Å². The van der Waals surface area contributed by atoms with Gasteiger partial charge in [0.05, 0.1) is 11.3 Å². The van der Waals surface area contributed by atoms with Crippen LogP contribution in [0, 0.1) is 18.8 Å². The van der Waals surface area contributed by atoms with E-state index in [0.29, 0.717) is 31.4 Å². The summed E-state index contributed by atoms with van der Waals surface area (Å²) in [4.78, 5) is 23.1. The number of benzene rings is 1. The first-order valence-corrected chi connectivity index (χ1v) is 9.25. The van der Waals surface area contributed by atoms with Crippen LogP contribution in [0.5, 0.6) is 0 Å². The average Bonchev–Trinajstić information content (AvgIpc) is 3.02. The highest BCUT2D eigenvalue weighted by molar-refractivity contribution is 6.01. The summed E-state index contributed by atoms with van der Waals surface area (Å²) < 4.78 is 5.28.